The second-order valence-corrected chi connectivity index (χ2v) is 5.87. The Hall–Kier alpha value is -0.730. The number of rotatable bonds is 5. The van der Waals surface area contributed by atoms with Gasteiger partial charge in [0.25, 0.3) is 5.91 Å². The quantitative estimate of drug-likeness (QED) is 0.744. The van der Waals surface area contributed by atoms with Gasteiger partial charge in [-0.05, 0) is 56.4 Å². The predicted octanol–water partition coefficient (Wildman–Crippen LogP) is 4.27. The maximum atomic E-state index is 12.6. The van der Waals surface area contributed by atoms with Crippen LogP contribution in [0.1, 0.15) is 41.6 Å². The monoisotopic (exact) mass is 299 g/mol. The van der Waals surface area contributed by atoms with Gasteiger partial charge in [-0.2, -0.15) is 0 Å². The molecule has 1 aromatic carbocycles. The average molecular weight is 300 g/mol. The van der Waals surface area contributed by atoms with Crippen molar-refractivity contribution >= 4 is 29.1 Å². The second kappa shape index (κ2) is 6.62. The van der Waals surface area contributed by atoms with E-state index in [9.17, 15) is 4.79 Å². The summed E-state index contributed by atoms with van der Waals surface area (Å²) in [4.78, 5) is 14.6. The molecule has 19 heavy (non-hydrogen) atoms. The highest BCUT2D eigenvalue weighted by molar-refractivity contribution is 6.31. The van der Waals surface area contributed by atoms with Crippen LogP contribution < -0.4 is 0 Å². The Kier molecular flexibility index (Phi) is 5.12. The third-order valence-electron chi connectivity index (χ3n) is 3.71. The van der Waals surface area contributed by atoms with E-state index in [1.807, 2.05) is 24.0 Å². The van der Waals surface area contributed by atoms with Crippen molar-refractivity contribution in [1.82, 2.24) is 4.90 Å². The van der Waals surface area contributed by atoms with Crippen LogP contribution in [-0.4, -0.2) is 29.3 Å². The van der Waals surface area contributed by atoms with Crippen molar-refractivity contribution < 1.29 is 4.79 Å². The van der Waals surface area contributed by atoms with Gasteiger partial charge in [-0.15, -0.1) is 11.6 Å². The summed E-state index contributed by atoms with van der Waals surface area (Å²) >= 11 is 11.8. The maximum absolute atomic E-state index is 12.6. The standard InChI is InChI=1S/C15H19Cl2NO/c1-11-10-12(6-7-14(11)17)15(19)18(9-3-8-16)13-4-2-5-13/h6-7,10,13H,2-5,8-9H2,1H3. The normalized spacial score (nSPS) is 15.1. The van der Waals surface area contributed by atoms with E-state index < -0.39 is 0 Å². The summed E-state index contributed by atoms with van der Waals surface area (Å²) in [6, 6.07) is 5.87. The fourth-order valence-electron chi connectivity index (χ4n) is 2.32. The fourth-order valence-corrected chi connectivity index (χ4v) is 2.56. The molecule has 1 saturated carbocycles. The Morgan fingerprint density at radius 1 is 1.42 bits per heavy atom. The smallest absolute Gasteiger partial charge is 0.254 e. The molecular weight excluding hydrogens is 281 g/mol. The third kappa shape index (κ3) is 3.43. The molecule has 0 bridgehead atoms. The number of hydrogen-bond donors (Lipinski definition) is 0. The Labute approximate surface area is 124 Å². The molecule has 0 atom stereocenters. The van der Waals surface area contributed by atoms with Crippen molar-refractivity contribution in [3.8, 4) is 0 Å². The number of carbonyl (C=O) groups is 1. The molecule has 4 heteroatoms. The molecule has 1 aliphatic carbocycles. The molecule has 0 aromatic heterocycles. The Balaban J connectivity index is 2.15. The maximum Gasteiger partial charge on any atom is 0.254 e. The SMILES string of the molecule is Cc1cc(C(=O)N(CCCCl)C2CCC2)ccc1Cl. The van der Waals surface area contributed by atoms with Gasteiger partial charge in [0.2, 0.25) is 0 Å². The fraction of sp³-hybridized carbons (Fsp3) is 0.533. The second-order valence-electron chi connectivity index (χ2n) is 5.09. The largest absolute Gasteiger partial charge is 0.336 e. The van der Waals surface area contributed by atoms with Crippen molar-refractivity contribution in [3.05, 3.63) is 34.3 Å². The van der Waals surface area contributed by atoms with Crippen LogP contribution in [0.15, 0.2) is 18.2 Å². The van der Waals surface area contributed by atoms with Gasteiger partial charge in [0.1, 0.15) is 0 Å². The van der Waals surface area contributed by atoms with E-state index in [-0.39, 0.29) is 5.91 Å². The van der Waals surface area contributed by atoms with Crippen molar-refractivity contribution in [2.24, 2.45) is 0 Å². The van der Waals surface area contributed by atoms with Crippen molar-refractivity contribution in [2.45, 2.75) is 38.6 Å². The van der Waals surface area contributed by atoms with Gasteiger partial charge in [-0.25, -0.2) is 0 Å². The number of hydrogen-bond acceptors (Lipinski definition) is 1. The molecule has 0 saturated heterocycles. The zero-order chi connectivity index (χ0) is 13.8. The lowest BCUT2D eigenvalue weighted by molar-refractivity contribution is 0.0580. The van der Waals surface area contributed by atoms with E-state index in [0.29, 0.717) is 16.9 Å². The molecule has 0 spiro atoms. The molecule has 1 fully saturated rings. The number of nitrogens with zero attached hydrogens (tertiary/aromatic N) is 1. The molecule has 1 aliphatic rings. The first-order chi connectivity index (χ1) is 9.13. The minimum absolute atomic E-state index is 0.106. The van der Waals surface area contributed by atoms with Crippen LogP contribution in [0.25, 0.3) is 0 Å². The molecule has 0 heterocycles. The van der Waals surface area contributed by atoms with Gasteiger partial charge in [0.05, 0.1) is 0 Å². The Bertz CT molecular complexity index is 457. The highest BCUT2D eigenvalue weighted by atomic mass is 35.5. The van der Waals surface area contributed by atoms with E-state index in [1.54, 1.807) is 6.07 Å². The summed E-state index contributed by atoms with van der Waals surface area (Å²) in [5.41, 5.74) is 1.67. The van der Waals surface area contributed by atoms with Gasteiger partial charge < -0.3 is 4.90 Å². The van der Waals surface area contributed by atoms with E-state index in [2.05, 4.69) is 0 Å². The summed E-state index contributed by atoms with van der Waals surface area (Å²) in [6.07, 6.45) is 4.28. The lowest BCUT2D eigenvalue weighted by Gasteiger charge is -2.37. The number of aryl methyl sites for hydroxylation is 1. The van der Waals surface area contributed by atoms with E-state index in [1.165, 1.54) is 6.42 Å². The molecule has 2 rings (SSSR count). The third-order valence-corrected chi connectivity index (χ3v) is 4.41. The summed E-state index contributed by atoms with van der Waals surface area (Å²) in [5, 5.41) is 0.701. The van der Waals surface area contributed by atoms with Crippen LogP contribution in [0.5, 0.6) is 0 Å². The molecule has 2 nitrogen and oxygen atoms in total. The first-order valence-electron chi connectivity index (χ1n) is 6.76. The van der Waals surface area contributed by atoms with E-state index in [4.69, 9.17) is 23.2 Å². The van der Waals surface area contributed by atoms with Gasteiger partial charge in [0.15, 0.2) is 0 Å². The summed E-state index contributed by atoms with van der Waals surface area (Å²) < 4.78 is 0. The van der Waals surface area contributed by atoms with Gasteiger partial charge in [-0.1, -0.05) is 11.6 Å². The molecule has 0 aliphatic heterocycles. The highest BCUT2D eigenvalue weighted by Gasteiger charge is 2.29. The van der Waals surface area contributed by atoms with Crippen molar-refractivity contribution in [2.75, 3.05) is 12.4 Å². The molecular formula is C15H19Cl2NO. The topological polar surface area (TPSA) is 20.3 Å². The zero-order valence-corrected chi connectivity index (χ0v) is 12.7. The van der Waals surface area contributed by atoms with Gasteiger partial charge in [0, 0.05) is 29.1 Å². The number of alkyl halides is 1. The number of amides is 1. The molecule has 0 N–H and O–H groups in total. The van der Waals surface area contributed by atoms with Crippen LogP contribution in [0.4, 0.5) is 0 Å². The van der Waals surface area contributed by atoms with Crippen LogP contribution in [-0.2, 0) is 0 Å². The summed E-state index contributed by atoms with van der Waals surface area (Å²) in [7, 11) is 0. The van der Waals surface area contributed by atoms with Gasteiger partial charge >= 0.3 is 0 Å². The number of carbonyl (C=O) groups excluding carboxylic acids is 1. The average Bonchev–Trinajstić information content (AvgIpc) is 2.34. The molecule has 104 valence electrons. The molecule has 1 amide bonds. The lowest BCUT2D eigenvalue weighted by Crippen LogP contribution is -2.44. The first kappa shape index (κ1) is 14.7. The zero-order valence-electron chi connectivity index (χ0n) is 11.2. The summed E-state index contributed by atoms with van der Waals surface area (Å²) in [6.45, 7) is 2.67. The molecule has 0 radical (unpaired) electrons. The van der Waals surface area contributed by atoms with Crippen LogP contribution in [0.3, 0.4) is 0 Å². The molecule has 0 unspecified atom stereocenters. The lowest BCUT2D eigenvalue weighted by atomic mass is 9.90. The van der Waals surface area contributed by atoms with Crippen molar-refractivity contribution in [1.29, 1.82) is 0 Å². The van der Waals surface area contributed by atoms with Crippen LogP contribution in [0, 0.1) is 6.92 Å². The van der Waals surface area contributed by atoms with Crippen LogP contribution in [0.2, 0.25) is 5.02 Å². The first-order valence-corrected chi connectivity index (χ1v) is 7.68. The Morgan fingerprint density at radius 3 is 2.68 bits per heavy atom. The highest BCUT2D eigenvalue weighted by Crippen LogP contribution is 2.27. The summed E-state index contributed by atoms with van der Waals surface area (Å²) in [5.74, 6) is 0.699. The van der Waals surface area contributed by atoms with Crippen molar-refractivity contribution in [3.63, 3.8) is 0 Å². The molecule has 1 aromatic rings. The Morgan fingerprint density at radius 2 is 2.16 bits per heavy atom. The predicted molar refractivity (Wildman–Crippen MR) is 80.2 cm³/mol. The minimum atomic E-state index is 0.106. The van der Waals surface area contributed by atoms with E-state index in [0.717, 1.165) is 36.9 Å². The van der Waals surface area contributed by atoms with Crippen LogP contribution >= 0.6 is 23.2 Å². The number of benzene rings is 1. The minimum Gasteiger partial charge on any atom is -0.336 e. The van der Waals surface area contributed by atoms with E-state index >= 15 is 0 Å². The van der Waals surface area contributed by atoms with Gasteiger partial charge in [-0.3, -0.25) is 4.79 Å². The number of halogens is 2.